The Morgan fingerprint density at radius 1 is 1.11 bits per heavy atom. The van der Waals surface area contributed by atoms with Gasteiger partial charge in [0.25, 0.3) is 5.56 Å². The van der Waals surface area contributed by atoms with Crippen molar-refractivity contribution >= 4 is 16.9 Å². The van der Waals surface area contributed by atoms with Gasteiger partial charge >= 0.3 is 5.69 Å². The lowest BCUT2D eigenvalue weighted by Crippen LogP contribution is -2.39. The van der Waals surface area contributed by atoms with E-state index in [0.717, 1.165) is 18.5 Å². The summed E-state index contributed by atoms with van der Waals surface area (Å²) in [5.41, 5.74) is 2.52. The second kappa shape index (κ2) is 6.82. The molecule has 0 fully saturated rings. The van der Waals surface area contributed by atoms with Crippen LogP contribution in [0.25, 0.3) is 16.9 Å². The topological polar surface area (TPSA) is 66.2 Å². The molecule has 0 aliphatic carbocycles. The first-order chi connectivity index (χ1) is 13.4. The van der Waals surface area contributed by atoms with Gasteiger partial charge in [0.2, 0.25) is 5.78 Å². The zero-order valence-electron chi connectivity index (χ0n) is 16.7. The summed E-state index contributed by atoms with van der Waals surface area (Å²) in [6.45, 7) is 6.54. The molecule has 0 radical (unpaired) electrons. The molecule has 146 valence electrons. The smallest absolute Gasteiger partial charge is 0.312 e. The molecular formula is C21H25N5O2. The lowest BCUT2D eigenvalue weighted by atomic mass is 10.1. The molecule has 0 atom stereocenters. The minimum absolute atomic E-state index is 0.208. The second-order valence-corrected chi connectivity index (χ2v) is 7.58. The molecule has 0 saturated carbocycles. The van der Waals surface area contributed by atoms with E-state index >= 15 is 0 Å². The molecule has 4 rings (SSSR count). The van der Waals surface area contributed by atoms with Crippen LogP contribution in [0.15, 0.2) is 46.1 Å². The maximum absolute atomic E-state index is 13.2. The third kappa shape index (κ3) is 2.78. The third-order valence-corrected chi connectivity index (χ3v) is 5.28. The summed E-state index contributed by atoms with van der Waals surface area (Å²) in [4.78, 5) is 30.6. The highest BCUT2D eigenvalue weighted by molar-refractivity contribution is 5.75. The number of aryl methyl sites for hydroxylation is 3. The van der Waals surface area contributed by atoms with Crippen molar-refractivity contribution in [3.63, 3.8) is 0 Å². The average Bonchev–Trinajstić information content (AvgIpc) is 3.17. The highest BCUT2D eigenvalue weighted by atomic mass is 16.2. The number of nitrogens with zero attached hydrogens (tertiary/aromatic N) is 5. The molecule has 3 aromatic heterocycles. The van der Waals surface area contributed by atoms with E-state index < -0.39 is 0 Å². The number of hydrogen-bond acceptors (Lipinski definition) is 3. The SMILES string of the molecule is Cc1cn2c3c(=O)n(CCCc4ccccc4)c(=O)n(C)c3nc2n1C(C)C. The third-order valence-electron chi connectivity index (χ3n) is 5.28. The van der Waals surface area contributed by atoms with E-state index in [-0.39, 0.29) is 17.3 Å². The van der Waals surface area contributed by atoms with Crippen LogP contribution in [0.4, 0.5) is 0 Å². The van der Waals surface area contributed by atoms with Crippen LogP contribution in [0, 0.1) is 6.92 Å². The number of aromatic nitrogens is 5. The molecule has 0 bridgehead atoms. The Kier molecular flexibility index (Phi) is 4.45. The predicted octanol–water partition coefficient (Wildman–Crippen LogP) is 2.67. The Morgan fingerprint density at radius 2 is 1.82 bits per heavy atom. The lowest BCUT2D eigenvalue weighted by Gasteiger charge is -2.09. The minimum atomic E-state index is -0.320. The zero-order valence-corrected chi connectivity index (χ0v) is 16.7. The molecule has 0 unspecified atom stereocenters. The molecular weight excluding hydrogens is 354 g/mol. The van der Waals surface area contributed by atoms with Crippen molar-refractivity contribution < 1.29 is 0 Å². The lowest BCUT2D eigenvalue weighted by molar-refractivity contribution is 0.572. The number of rotatable bonds is 5. The van der Waals surface area contributed by atoms with Gasteiger partial charge in [-0.3, -0.25) is 18.3 Å². The molecule has 3 heterocycles. The van der Waals surface area contributed by atoms with Crippen LogP contribution in [0.1, 0.15) is 37.6 Å². The van der Waals surface area contributed by atoms with Crippen LogP contribution < -0.4 is 11.2 Å². The summed E-state index contributed by atoms with van der Waals surface area (Å²) in [5.74, 6) is 0.691. The minimum Gasteiger partial charge on any atom is -0.312 e. The highest BCUT2D eigenvalue weighted by Gasteiger charge is 2.20. The molecule has 28 heavy (non-hydrogen) atoms. The van der Waals surface area contributed by atoms with Crippen molar-refractivity contribution in [1.29, 1.82) is 0 Å². The summed E-state index contributed by atoms with van der Waals surface area (Å²) >= 11 is 0. The predicted molar refractivity (Wildman–Crippen MR) is 110 cm³/mol. The van der Waals surface area contributed by atoms with E-state index in [4.69, 9.17) is 0 Å². The molecule has 7 nitrogen and oxygen atoms in total. The van der Waals surface area contributed by atoms with Gasteiger partial charge in [-0.05, 0) is 39.2 Å². The van der Waals surface area contributed by atoms with E-state index in [0.29, 0.717) is 23.5 Å². The Hall–Kier alpha value is -3.09. The van der Waals surface area contributed by atoms with Crippen molar-refractivity contribution in [3.8, 4) is 0 Å². The van der Waals surface area contributed by atoms with E-state index in [1.54, 1.807) is 7.05 Å². The van der Waals surface area contributed by atoms with Gasteiger partial charge in [0.05, 0.1) is 0 Å². The van der Waals surface area contributed by atoms with Crippen molar-refractivity contribution in [1.82, 2.24) is 23.1 Å². The Labute approximate surface area is 162 Å². The van der Waals surface area contributed by atoms with Gasteiger partial charge in [0.1, 0.15) is 0 Å². The van der Waals surface area contributed by atoms with Crippen LogP contribution >= 0.6 is 0 Å². The largest absolute Gasteiger partial charge is 0.332 e. The van der Waals surface area contributed by atoms with Crippen LogP contribution in [-0.2, 0) is 20.0 Å². The van der Waals surface area contributed by atoms with Gasteiger partial charge in [-0.25, -0.2) is 4.79 Å². The van der Waals surface area contributed by atoms with Gasteiger partial charge in [0, 0.05) is 31.5 Å². The van der Waals surface area contributed by atoms with Crippen LogP contribution in [-0.4, -0.2) is 23.1 Å². The van der Waals surface area contributed by atoms with Crippen molar-refractivity contribution in [2.24, 2.45) is 7.05 Å². The van der Waals surface area contributed by atoms with Gasteiger partial charge in [-0.1, -0.05) is 30.3 Å². The first-order valence-corrected chi connectivity index (χ1v) is 9.63. The molecule has 0 aliphatic rings. The standard InChI is InChI=1S/C21H25N5O2/c1-14(2)26-15(3)13-25-17-18(22-20(25)26)23(4)21(28)24(19(17)27)12-8-11-16-9-6-5-7-10-16/h5-7,9-10,13-14H,8,11-12H2,1-4H3. The highest BCUT2D eigenvalue weighted by Crippen LogP contribution is 2.20. The molecule has 4 aromatic rings. The quantitative estimate of drug-likeness (QED) is 0.535. The van der Waals surface area contributed by atoms with E-state index in [1.807, 2.05) is 35.7 Å². The fourth-order valence-corrected chi connectivity index (χ4v) is 3.95. The van der Waals surface area contributed by atoms with Crippen LogP contribution in [0.2, 0.25) is 0 Å². The molecule has 0 spiro atoms. The van der Waals surface area contributed by atoms with E-state index in [2.05, 4.69) is 35.5 Å². The molecule has 0 amide bonds. The zero-order chi connectivity index (χ0) is 20.0. The first-order valence-electron chi connectivity index (χ1n) is 9.63. The molecule has 1 aromatic carbocycles. The van der Waals surface area contributed by atoms with Crippen LogP contribution in [0.3, 0.4) is 0 Å². The number of hydrogen-bond donors (Lipinski definition) is 0. The fourth-order valence-electron chi connectivity index (χ4n) is 3.95. The van der Waals surface area contributed by atoms with E-state index in [9.17, 15) is 9.59 Å². The van der Waals surface area contributed by atoms with Crippen molar-refractivity contribution in [2.45, 2.75) is 46.2 Å². The average molecular weight is 379 g/mol. The summed E-state index contributed by atoms with van der Waals surface area (Å²) in [6.07, 6.45) is 3.46. The second-order valence-electron chi connectivity index (χ2n) is 7.58. The summed E-state index contributed by atoms with van der Waals surface area (Å²) in [7, 11) is 1.68. The van der Waals surface area contributed by atoms with Crippen molar-refractivity contribution in [2.75, 3.05) is 0 Å². The van der Waals surface area contributed by atoms with Gasteiger partial charge in [-0.2, -0.15) is 4.98 Å². The molecule has 0 N–H and O–H groups in total. The van der Waals surface area contributed by atoms with E-state index in [1.165, 1.54) is 14.7 Å². The Morgan fingerprint density at radius 3 is 2.50 bits per heavy atom. The number of imidazole rings is 2. The van der Waals surface area contributed by atoms with Crippen LogP contribution in [0.5, 0.6) is 0 Å². The number of benzene rings is 1. The Bertz CT molecular complexity index is 1270. The maximum atomic E-state index is 13.2. The summed E-state index contributed by atoms with van der Waals surface area (Å²) < 4.78 is 6.71. The van der Waals surface area contributed by atoms with Gasteiger partial charge in [0.15, 0.2) is 11.2 Å². The normalized spacial score (nSPS) is 11.9. The van der Waals surface area contributed by atoms with Gasteiger partial charge in [-0.15, -0.1) is 0 Å². The summed E-state index contributed by atoms with van der Waals surface area (Å²) in [5, 5.41) is 0. The fraction of sp³-hybridized carbons (Fsp3) is 0.381. The maximum Gasteiger partial charge on any atom is 0.332 e. The number of fused-ring (bicyclic) bond motifs is 3. The monoisotopic (exact) mass is 379 g/mol. The first kappa shape index (κ1) is 18.3. The van der Waals surface area contributed by atoms with Crippen molar-refractivity contribution in [3.05, 3.63) is 68.6 Å². The molecule has 0 saturated heterocycles. The molecule has 0 aliphatic heterocycles. The summed E-state index contributed by atoms with van der Waals surface area (Å²) in [6, 6.07) is 10.3. The molecule has 7 heteroatoms. The van der Waals surface area contributed by atoms with Gasteiger partial charge < -0.3 is 4.57 Å². The Balaban J connectivity index is 1.81.